The van der Waals surface area contributed by atoms with Gasteiger partial charge in [-0.1, -0.05) is 20.3 Å². The highest BCUT2D eigenvalue weighted by Crippen LogP contribution is 2.85. The van der Waals surface area contributed by atoms with Gasteiger partial charge in [0.25, 0.3) is 0 Å². The molecule has 0 radical (unpaired) electrons. The summed E-state index contributed by atoms with van der Waals surface area (Å²) in [5.74, 6) is 3.82. The first-order valence-electron chi connectivity index (χ1n) is 9.52. The van der Waals surface area contributed by atoms with E-state index in [0.717, 1.165) is 29.6 Å². The lowest BCUT2D eigenvalue weighted by molar-refractivity contribution is -0.170. The van der Waals surface area contributed by atoms with E-state index in [4.69, 9.17) is 4.74 Å². The maximum atomic E-state index is 12.3. The number of carbonyl (C=O) groups excluding carboxylic acids is 1. The lowest BCUT2D eigenvalue weighted by Crippen LogP contribution is -2.56. The maximum Gasteiger partial charge on any atom is 0.308 e. The van der Waals surface area contributed by atoms with E-state index in [1.807, 2.05) is 0 Å². The van der Waals surface area contributed by atoms with Crippen LogP contribution in [0.1, 0.15) is 65.2 Å². The van der Waals surface area contributed by atoms with E-state index in [-0.39, 0.29) is 11.9 Å². The van der Waals surface area contributed by atoms with Gasteiger partial charge in [0.1, 0.15) is 0 Å². The van der Waals surface area contributed by atoms with Crippen molar-refractivity contribution in [3.63, 3.8) is 0 Å². The molecule has 0 amide bonds. The van der Waals surface area contributed by atoms with Crippen LogP contribution in [0.4, 0.5) is 0 Å². The summed E-state index contributed by atoms with van der Waals surface area (Å²) >= 11 is 0. The Balaban J connectivity index is 1.50. The van der Waals surface area contributed by atoms with E-state index in [9.17, 15) is 4.79 Å². The fourth-order valence-corrected chi connectivity index (χ4v) is 8.60. The first-order valence-corrected chi connectivity index (χ1v) is 9.52. The molecule has 22 heavy (non-hydrogen) atoms. The van der Waals surface area contributed by atoms with Gasteiger partial charge in [0.2, 0.25) is 0 Å². The minimum absolute atomic E-state index is 0.0745. The van der Waals surface area contributed by atoms with Gasteiger partial charge in [-0.25, -0.2) is 0 Å². The summed E-state index contributed by atoms with van der Waals surface area (Å²) in [5.41, 5.74) is 1.78. The molecule has 0 aliphatic heterocycles. The molecule has 4 bridgehead atoms. The lowest BCUT2D eigenvalue weighted by atomic mass is 9.42. The second kappa shape index (κ2) is 3.92. The highest BCUT2D eigenvalue weighted by Gasteiger charge is 2.78. The minimum atomic E-state index is 0.0745. The van der Waals surface area contributed by atoms with Crippen LogP contribution in [0.5, 0.6) is 0 Å². The fraction of sp³-hybridized carbons (Fsp3) is 0.950. The van der Waals surface area contributed by atoms with Gasteiger partial charge in [-0.05, 0) is 84.9 Å². The second-order valence-electron chi connectivity index (χ2n) is 9.92. The Kier molecular flexibility index (Phi) is 2.47. The van der Waals surface area contributed by atoms with Crippen LogP contribution in [0.3, 0.4) is 0 Å². The number of hydrogen-bond donors (Lipinski definition) is 0. The van der Waals surface area contributed by atoms with Crippen LogP contribution in [0, 0.1) is 45.8 Å². The molecule has 2 heteroatoms. The van der Waals surface area contributed by atoms with Crippen molar-refractivity contribution in [2.75, 3.05) is 7.11 Å². The zero-order valence-corrected chi connectivity index (χ0v) is 14.4. The number of rotatable bonds is 1. The largest absolute Gasteiger partial charge is 0.469 e. The van der Waals surface area contributed by atoms with Crippen molar-refractivity contribution in [2.24, 2.45) is 45.8 Å². The maximum absolute atomic E-state index is 12.3. The highest BCUT2D eigenvalue weighted by molar-refractivity contribution is 5.73. The molecule has 6 aliphatic rings. The Labute approximate surface area is 134 Å². The molecule has 8 atom stereocenters. The second-order valence-corrected chi connectivity index (χ2v) is 9.92. The summed E-state index contributed by atoms with van der Waals surface area (Å²) in [6, 6.07) is 0. The Hall–Kier alpha value is -0.530. The van der Waals surface area contributed by atoms with Gasteiger partial charge in [0.05, 0.1) is 13.0 Å². The summed E-state index contributed by atoms with van der Waals surface area (Å²) in [6.07, 6.45) is 10.8. The smallest absolute Gasteiger partial charge is 0.308 e. The van der Waals surface area contributed by atoms with Crippen LogP contribution >= 0.6 is 0 Å². The first kappa shape index (κ1) is 13.9. The zero-order chi connectivity index (χ0) is 15.3. The average Bonchev–Trinajstić information content (AvgIpc) is 2.96. The molecular weight excluding hydrogens is 272 g/mol. The molecule has 0 aromatic carbocycles. The topological polar surface area (TPSA) is 26.3 Å². The van der Waals surface area contributed by atoms with Crippen LogP contribution in [-0.4, -0.2) is 13.1 Å². The molecule has 6 saturated carbocycles. The minimum Gasteiger partial charge on any atom is -0.469 e. The van der Waals surface area contributed by atoms with Crippen LogP contribution in [0.25, 0.3) is 0 Å². The molecule has 0 heterocycles. The van der Waals surface area contributed by atoms with Gasteiger partial charge in [-0.15, -0.1) is 0 Å². The summed E-state index contributed by atoms with van der Waals surface area (Å²) in [7, 11) is 1.57. The Morgan fingerprint density at radius 3 is 2.55 bits per heavy atom. The van der Waals surface area contributed by atoms with Crippen LogP contribution in [-0.2, 0) is 9.53 Å². The molecule has 1 spiro atoms. The molecule has 6 fully saturated rings. The SMILES string of the molecule is COC(=O)[C@H]1CCC[C@]2(C)C3C[C@H]4[C@@H]5CC3(CC[C@@H]12)C[C@@]45C. The van der Waals surface area contributed by atoms with Crippen molar-refractivity contribution in [3.8, 4) is 0 Å². The van der Waals surface area contributed by atoms with E-state index in [2.05, 4.69) is 13.8 Å². The van der Waals surface area contributed by atoms with E-state index in [1.165, 1.54) is 44.9 Å². The molecule has 6 aliphatic carbocycles. The summed E-state index contributed by atoms with van der Waals surface area (Å²) in [4.78, 5) is 12.3. The third-order valence-corrected chi connectivity index (χ3v) is 9.48. The van der Waals surface area contributed by atoms with Crippen molar-refractivity contribution < 1.29 is 9.53 Å². The van der Waals surface area contributed by atoms with E-state index in [0.29, 0.717) is 16.7 Å². The van der Waals surface area contributed by atoms with Gasteiger partial charge in [-0.3, -0.25) is 4.79 Å². The van der Waals surface area contributed by atoms with Crippen LogP contribution in [0.2, 0.25) is 0 Å². The standard InChI is InChI=1S/C20H30O2/c1-18-7-4-5-12(17(21)22-3)13(18)6-8-20-10-15-14(9-16(18)20)19(15,2)11-20/h12-16H,4-11H2,1-3H3/t12-,13-,14-,15-,16?,18-,19-,20?/m0/s1. The number of esters is 1. The third-order valence-electron chi connectivity index (χ3n) is 9.48. The zero-order valence-electron chi connectivity index (χ0n) is 14.4. The van der Waals surface area contributed by atoms with Crippen LogP contribution in [0.15, 0.2) is 0 Å². The predicted octanol–water partition coefficient (Wildman–Crippen LogP) is 4.43. The molecule has 0 N–H and O–H groups in total. The highest BCUT2D eigenvalue weighted by atomic mass is 16.5. The third kappa shape index (κ3) is 1.38. The van der Waals surface area contributed by atoms with E-state index < -0.39 is 0 Å². The van der Waals surface area contributed by atoms with Crippen molar-refractivity contribution in [1.82, 2.24) is 0 Å². The van der Waals surface area contributed by atoms with Gasteiger partial charge < -0.3 is 4.74 Å². The molecular formula is C20H30O2. The average molecular weight is 302 g/mol. The van der Waals surface area contributed by atoms with Crippen molar-refractivity contribution in [1.29, 1.82) is 0 Å². The van der Waals surface area contributed by atoms with Crippen molar-refractivity contribution >= 4 is 5.97 Å². The monoisotopic (exact) mass is 302 g/mol. The van der Waals surface area contributed by atoms with E-state index >= 15 is 0 Å². The quantitative estimate of drug-likeness (QED) is 0.670. The lowest BCUT2D eigenvalue weighted by Gasteiger charge is -2.63. The van der Waals surface area contributed by atoms with Gasteiger partial charge in [-0.2, -0.15) is 0 Å². The van der Waals surface area contributed by atoms with Crippen molar-refractivity contribution in [3.05, 3.63) is 0 Å². The molecule has 2 unspecified atom stereocenters. The summed E-state index contributed by atoms with van der Waals surface area (Å²) in [6.45, 7) is 5.12. The number of hydrogen-bond acceptors (Lipinski definition) is 2. The fourth-order valence-electron chi connectivity index (χ4n) is 8.60. The van der Waals surface area contributed by atoms with Gasteiger partial charge in [0.15, 0.2) is 0 Å². The Morgan fingerprint density at radius 2 is 1.86 bits per heavy atom. The van der Waals surface area contributed by atoms with Crippen LogP contribution < -0.4 is 0 Å². The molecule has 0 aromatic rings. The summed E-state index contributed by atoms with van der Waals surface area (Å²) in [5, 5.41) is 0. The van der Waals surface area contributed by atoms with Crippen molar-refractivity contribution in [2.45, 2.75) is 65.2 Å². The Morgan fingerprint density at radius 1 is 1.05 bits per heavy atom. The number of methoxy groups -OCH3 is 1. The molecule has 2 nitrogen and oxygen atoms in total. The van der Waals surface area contributed by atoms with Gasteiger partial charge in [0, 0.05) is 0 Å². The summed E-state index contributed by atoms with van der Waals surface area (Å²) < 4.78 is 5.16. The Bertz CT molecular complexity index is 542. The normalized spacial score (nSPS) is 61.1. The molecule has 6 rings (SSSR count). The molecule has 0 aromatic heterocycles. The van der Waals surface area contributed by atoms with E-state index in [1.54, 1.807) is 7.11 Å². The molecule has 122 valence electrons. The predicted molar refractivity (Wildman–Crippen MR) is 85.0 cm³/mol. The first-order chi connectivity index (χ1) is 10.4. The number of ether oxygens (including phenoxy) is 1. The molecule has 0 saturated heterocycles. The van der Waals surface area contributed by atoms with Gasteiger partial charge >= 0.3 is 5.97 Å². The number of carbonyl (C=O) groups is 1. The number of fused-ring (bicyclic) bond motifs is 1.